The van der Waals surface area contributed by atoms with E-state index in [1.54, 1.807) is 0 Å². The SMILES string of the molecule is O=S(=O)(NCCOCC(F)(F)F)c1ccc(CO)cc1F. The van der Waals surface area contributed by atoms with Crippen LogP contribution in [0.15, 0.2) is 23.1 Å². The lowest BCUT2D eigenvalue weighted by atomic mass is 10.2. The van der Waals surface area contributed by atoms with Gasteiger partial charge < -0.3 is 9.84 Å². The number of alkyl halides is 3. The Hall–Kier alpha value is -1.23. The molecule has 1 rings (SSSR count). The zero-order valence-electron chi connectivity index (χ0n) is 10.7. The maximum Gasteiger partial charge on any atom is 0.411 e. The molecule has 1 aromatic rings. The van der Waals surface area contributed by atoms with Crippen molar-refractivity contribution in [3.05, 3.63) is 29.6 Å². The Morgan fingerprint density at radius 3 is 2.48 bits per heavy atom. The average molecular weight is 331 g/mol. The van der Waals surface area contributed by atoms with Crippen molar-refractivity contribution in [3.63, 3.8) is 0 Å². The van der Waals surface area contributed by atoms with E-state index in [4.69, 9.17) is 5.11 Å². The van der Waals surface area contributed by atoms with Crippen LogP contribution >= 0.6 is 0 Å². The topological polar surface area (TPSA) is 75.6 Å². The fourth-order valence-electron chi connectivity index (χ4n) is 1.37. The van der Waals surface area contributed by atoms with Gasteiger partial charge in [0.25, 0.3) is 0 Å². The minimum absolute atomic E-state index is 0.194. The van der Waals surface area contributed by atoms with Crippen molar-refractivity contribution < 1.29 is 35.8 Å². The fraction of sp³-hybridized carbons (Fsp3) is 0.455. The molecule has 0 aliphatic carbocycles. The average Bonchev–Trinajstić information content (AvgIpc) is 2.36. The van der Waals surface area contributed by atoms with Crippen LogP contribution in [0, 0.1) is 5.82 Å². The maximum absolute atomic E-state index is 13.6. The maximum atomic E-state index is 13.6. The van der Waals surface area contributed by atoms with Gasteiger partial charge in [0.05, 0.1) is 13.2 Å². The van der Waals surface area contributed by atoms with Crippen molar-refractivity contribution in [3.8, 4) is 0 Å². The molecule has 0 aromatic heterocycles. The summed E-state index contributed by atoms with van der Waals surface area (Å²) in [5.74, 6) is -1.06. The van der Waals surface area contributed by atoms with Gasteiger partial charge in [0.2, 0.25) is 10.0 Å². The molecule has 0 saturated heterocycles. The second kappa shape index (κ2) is 7.16. The minimum atomic E-state index is -4.49. The second-order valence-corrected chi connectivity index (χ2v) is 5.72. The standard InChI is InChI=1S/C11H13F4NO4S/c12-9-5-8(6-17)1-2-10(9)21(18,19)16-3-4-20-7-11(13,14)15/h1-2,5,16-17H,3-4,6-7H2. The van der Waals surface area contributed by atoms with E-state index in [1.165, 1.54) is 6.07 Å². The first-order chi connectivity index (χ1) is 9.65. The van der Waals surface area contributed by atoms with Crippen molar-refractivity contribution in [1.29, 1.82) is 0 Å². The molecule has 0 aliphatic rings. The molecule has 120 valence electrons. The molecule has 0 atom stereocenters. The molecule has 0 unspecified atom stereocenters. The number of benzene rings is 1. The Bertz CT molecular complexity index is 574. The van der Waals surface area contributed by atoms with E-state index in [2.05, 4.69) is 4.74 Å². The zero-order valence-corrected chi connectivity index (χ0v) is 11.5. The monoisotopic (exact) mass is 331 g/mol. The summed E-state index contributed by atoms with van der Waals surface area (Å²) < 4.78 is 78.4. The molecule has 0 spiro atoms. The van der Waals surface area contributed by atoms with E-state index < -0.39 is 53.3 Å². The summed E-state index contributed by atoms with van der Waals surface area (Å²) in [6.07, 6.45) is -4.49. The Morgan fingerprint density at radius 2 is 1.95 bits per heavy atom. The van der Waals surface area contributed by atoms with Crippen molar-refractivity contribution in [1.82, 2.24) is 4.72 Å². The molecule has 1 aromatic carbocycles. The summed E-state index contributed by atoms with van der Waals surface area (Å²) in [6.45, 7) is -2.88. The smallest absolute Gasteiger partial charge is 0.392 e. The molecule has 0 bridgehead atoms. The Morgan fingerprint density at radius 1 is 1.29 bits per heavy atom. The number of rotatable bonds is 7. The minimum Gasteiger partial charge on any atom is -0.392 e. The summed E-state index contributed by atoms with van der Waals surface area (Å²) in [5, 5.41) is 8.78. The number of aliphatic hydroxyl groups is 1. The molecular weight excluding hydrogens is 318 g/mol. The van der Waals surface area contributed by atoms with Gasteiger partial charge >= 0.3 is 6.18 Å². The van der Waals surface area contributed by atoms with Crippen molar-refractivity contribution in [2.75, 3.05) is 19.8 Å². The van der Waals surface area contributed by atoms with E-state index >= 15 is 0 Å². The van der Waals surface area contributed by atoms with Gasteiger partial charge in [-0.2, -0.15) is 13.2 Å². The predicted molar refractivity (Wildman–Crippen MR) is 64.4 cm³/mol. The third-order valence-electron chi connectivity index (χ3n) is 2.27. The number of sulfonamides is 1. The fourth-order valence-corrected chi connectivity index (χ4v) is 2.44. The number of nitrogens with one attached hydrogen (secondary N) is 1. The number of hydrogen-bond acceptors (Lipinski definition) is 4. The highest BCUT2D eigenvalue weighted by Crippen LogP contribution is 2.16. The molecule has 0 fully saturated rings. The van der Waals surface area contributed by atoms with Crippen LogP contribution in [0.25, 0.3) is 0 Å². The van der Waals surface area contributed by atoms with Gasteiger partial charge in [-0.05, 0) is 17.7 Å². The van der Waals surface area contributed by atoms with E-state index in [0.717, 1.165) is 12.1 Å². The van der Waals surface area contributed by atoms with Gasteiger partial charge in [0, 0.05) is 6.54 Å². The molecule has 0 heterocycles. The van der Waals surface area contributed by atoms with E-state index in [0.29, 0.717) is 0 Å². The summed E-state index contributed by atoms with van der Waals surface area (Å²) in [7, 11) is -4.20. The molecule has 2 N–H and O–H groups in total. The highest BCUT2D eigenvalue weighted by atomic mass is 32.2. The molecule has 0 aliphatic heterocycles. The Kier molecular flexibility index (Phi) is 6.08. The quantitative estimate of drug-likeness (QED) is 0.581. The highest BCUT2D eigenvalue weighted by molar-refractivity contribution is 7.89. The van der Waals surface area contributed by atoms with Gasteiger partial charge in [-0.25, -0.2) is 17.5 Å². The first-order valence-electron chi connectivity index (χ1n) is 5.69. The Labute approximate surface area is 118 Å². The summed E-state index contributed by atoms with van der Waals surface area (Å²) in [5.41, 5.74) is 0.194. The van der Waals surface area contributed by atoms with Crippen LogP contribution < -0.4 is 4.72 Å². The van der Waals surface area contributed by atoms with Crippen LogP contribution in [0.4, 0.5) is 17.6 Å². The van der Waals surface area contributed by atoms with Gasteiger partial charge in [-0.3, -0.25) is 0 Å². The number of hydrogen-bond donors (Lipinski definition) is 2. The van der Waals surface area contributed by atoms with E-state index in [9.17, 15) is 26.0 Å². The lowest BCUT2D eigenvalue weighted by Gasteiger charge is -2.10. The number of halogens is 4. The third kappa shape index (κ3) is 5.96. The number of aliphatic hydroxyl groups excluding tert-OH is 1. The van der Waals surface area contributed by atoms with Crippen molar-refractivity contribution >= 4 is 10.0 Å². The van der Waals surface area contributed by atoms with Crippen LogP contribution in [0.3, 0.4) is 0 Å². The van der Waals surface area contributed by atoms with Crippen molar-refractivity contribution in [2.24, 2.45) is 0 Å². The molecule has 0 amide bonds. The third-order valence-corrected chi connectivity index (χ3v) is 3.77. The molecule has 0 radical (unpaired) electrons. The first kappa shape index (κ1) is 17.8. The molecule has 10 heteroatoms. The normalized spacial score (nSPS) is 12.6. The van der Waals surface area contributed by atoms with Gasteiger partial charge in [-0.15, -0.1) is 0 Å². The van der Waals surface area contributed by atoms with Gasteiger partial charge in [-0.1, -0.05) is 6.07 Å². The second-order valence-electron chi connectivity index (χ2n) is 3.99. The molecule has 0 saturated carbocycles. The predicted octanol–water partition coefficient (Wildman–Crippen LogP) is 1.18. The highest BCUT2D eigenvalue weighted by Gasteiger charge is 2.27. The summed E-state index contributed by atoms with van der Waals surface area (Å²) >= 11 is 0. The van der Waals surface area contributed by atoms with Crippen LogP contribution in [0.1, 0.15) is 5.56 Å². The van der Waals surface area contributed by atoms with E-state index in [1.807, 2.05) is 4.72 Å². The van der Waals surface area contributed by atoms with Crippen LogP contribution in [-0.2, 0) is 21.4 Å². The molecule has 21 heavy (non-hydrogen) atoms. The van der Waals surface area contributed by atoms with E-state index in [-0.39, 0.29) is 5.56 Å². The van der Waals surface area contributed by atoms with Crippen LogP contribution in [-0.4, -0.2) is 39.5 Å². The lowest BCUT2D eigenvalue weighted by molar-refractivity contribution is -0.173. The van der Waals surface area contributed by atoms with Crippen LogP contribution in [0.5, 0.6) is 0 Å². The van der Waals surface area contributed by atoms with Gasteiger partial charge in [0.15, 0.2) is 0 Å². The number of ether oxygens (including phenoxy) is 1. The zero-order chi connectivity index (χ0) is 16.1. The molecular formula is C11H13F4NO4S. The van der Waals surface area contributed by atoms with Crippen molar-refractivity contribution in [2.45, 2.75) is 17.7 Å². The first-order valence-corrected chi connectivity index (χ1v) is 7.17. The molecule has 5 nitrogen and oxygen atoms in total. The van der Waals surface area contributed by atoms with Gasteiger partial charge in [0.1, 0.15) is 17.3 Å². The lowest BCUT2D eigenvalue weighted by Crippen LogP contribution is -2.29. The van der Waals surface area contributed by atoms with Crippen LogP contribution in [0.2, 0.25) is 0 Å². The largest absolute Gasteiger partial charge is 0.411 e. The summed E-state index contributed by atoms with van der Waals surface area (Å²) in [6, 6.07) is 3.03. The summed E-state index contributed by atoms with van der Waals surface area (Å²) in [4.78, 5) is -0.657. The Balaban J connectivity index is 2.58.